The van der Waals surface area contributed by atoms with Gasteiger partial charge in [0.25, 0.3) is 0 Å². The molecule has 5 aromatic heterocycles. The minimum atomic E-state index is 0. The van der Waals surface area contributed by atoms with Crippen molar-refractivity contribution in [1.29, 1.82) is 0 Å². The molecule has 0 aliphatic heterocycles. The smallest absolute Gasteiger partial charge is 0.872 e. The average molecular weight is 1230 g/mol. The number of pyridine rings is 5. The molecule has 0 saturated heterocycles. The van der Waals surface area contributed by atoms with Crippen molar-refractivity contribution in [3.8, 4) is 73.8 Å². The molecule has 418 valence electrons. The van der Waals surface area contributed by atoms with Gasteiger partial charge in [0.05, 0.1) is 21.5 Å². The van der Waals surface area contributed by atoms with Gasteiger partial charge in [-0.2, -0.15) is 0 Å². The van der Waals surface area contributed by atoms with Crippen molar-refractivity contribution in [1.82, 2.24) is 0 Å². The topological polar surface area (TPSA) is 186 Å². The molecular formula is C77H55CaKLi3N5O5+6. The van der Waals surface area contributed by atoms with Crippen LogP contribution in [-0.4, -0.2) is 37.7 Å². The van der Waals surface area contributed by atoms with E-state index in [2.05, 4.69) is 43.1 Å². The minimum absolute atomic E-state index is 0. The van der Waals surface area contributed by atoms with E-state index in [1.807, 2.05) is 225 Å². The van der Waals surface area contributed by atoms with Crippen LogP contribution in [0.2, 0.25) is 0 Å². The fourth-order valence-electron chi connectivity index (χ4n) is 10.8. The average Bonchev–Trinajstić information content (AvgIpc) is 0.815. The molecule has 0 bridgehead atoms. The van der Waals surface area contributed by atoms with E-state index < -0.39 is 0 Å². The van der Waals surface area contributed by atoms with Crippen molar-refractivity contribution < 1.29 is 158 Å². The first-order valence-electron chi connectivity index (χ1n) is 28.3. The van der Waals surface area contributed by atoms with E-state index in [0.717, 1.165) is 87.8 Å². The molecule has 5 heterocycles. The number of rotatable bonds is 4. The van der Waals surface area contributed by atoms with E-state index in [1.165, 1.54) is 5.39 Å². The predicted octanol–water partition coefficient (Wildman–Crippen LogP) is 0.247. The van der Waals surface area contributed by atoms with Crippen molar-refractivity contribution in [3.05, 3.63) is 304 Å². The van der Waals surface area contributed by atoms with Crippen LogP contribution in [0.1, 0.15) is 0 Å². The second kappa shape index (κ2) is 34.5. The molecule has 92 heavy (non-hydrogen) atoms. The molecule has 11 aromatic carbocycles. The summed E-state index contributed by atoms with van der Waals surface area (Å²) >= 11 is 0. The van der Waals surface area contributed by atoms with Gasteiger partial charge in [0.1, 0.15) is 0 Å². The Labute approximate surface area is 641 Å². The molecule has 0 radical (unpaired) electrons. The second-order valence-corrected chi connectivity index (χ2v) is 20.5. The van der Waals surface area contributed by atoms with E-state index in [9.17, 15) is 25.5 Å². The monoisotopic (exact) mass is 1230 g/mol. The fraction of sp³-hybridized carbons (Fsp3) is 0. The van der Waals surface area contributed by atoms with Crippen LogP contribution in [0, 0.1) is 0 Å². The van der Waals surface area contributed by atoms with Gasteiger partial charge in [0.15, 0.2) is 12.4 Å². The first kappa shape index (κ1) is 72.1. The predicted molar refractivity (Wildman–Crippen MR) is 342 cm³/mol. The number of nitrogens with one attached hydrogen (secondary N) is 5. The third kappa shape index (κ3) is 16.7. The van der Waals surface area contributed by atoms with Gasteiger partial charge in [0, 0.05) is 80.9 Å². The second-order valence-electron chi connectivity index (χ2n) is 20.5. The molecule has 16 aromatic rings. The number of benzene rings is 11. The van der Waals surface area contributed by atoms with Crippen molar-refractivity contribution >= 4 is 114 Å². The van der Waals surface area contributed by atoms with Crippen LogP contribution in [0.3, 0.4) is 0 Å². The van der Waals surface area contributed by atoms with Crippen molar-refractivity contribution in [2.75, 3.05) is 0 Å². The van der Waals surface area contributed by atoms with Crippen LogP contribution >= 0.6 is 0 Å². The van der Waals surface area contributed by atoms with E-state index in [0.29, 0.717) is 27.8 Å². The number of fused-ring (bicyclic) bond motifs is 9. The zero-order chi connectivity index (χ0) is 59.5. The molecule has 0 atom stereocenters. The van der Waals surface area contributed by atoms with Crippen molar-refractivity contribution in [3.63, 3.8) is 0 Å². The summed E-state index contributed by atoms with van der Waals surface area (Å²) in [7, 11) is 0. The van der Waals surface area contributed by atoms with E-state index in [1.54, 1.807) is 60.8 Å². The number of para-hydroxylation sites is 7. The van der Waals surface area contributed by atoms with E-state index in [-0.39, 0.29) is 174 Å². The van der Waals surface area contributed by atoms with Crippen LogP contribution in [0.4, 0.5) is 0 Å². The van der Waals surface area contributed by atoms with Gasteiger partial charge in [-0.3, -0.25) is 0 Å². The molecule has 0 amide bonds. The molecule has 0 spiro atoms. The maximum atomic E-state index is 12.2. The molecule has 10 nitrogen and oxygen atoms in total. The number of hydrogen-bond acceptors (Lipinski definition) is 5. The van der Waals surface area contributed by atoms with Crippen LogP contribution in [0.5, 0.6) is 28.7 Å². The Morgan fingerprint density at radius 1 is 0.239 bits per heavy atom. The Kier molecular flexibility index (Phi) is 27.1. The number of aromatic nitrogens is 5. The minimum Gasteiger partial charge on any atom is -0.872 e. The van der Waals surface area contributed by atoms with Crippen LogP contribution in [0.25, 0.3) is 121 Å². The molecule has 0 saturated carbocycles. The molecule has 0 aliphatic rings. The fourth-order valence-corrected chi connectivity index (χ4v) is 10.8. The van der Waals surface area contributed by atoms with E-state index >= 15 is 0 Å². The molecule has 15 heteroatoms. The summed E-state index contributed by atoms with van der Waals surface area (Å²) in [6, 6.07) is 92.2. The molecule has 0 fully saturated rings. The van der Waals surface area contributed by atoms with Gasteiger partial charge >= 0.3 is 146 Å². The van der Waals surface area contributed by atoms with Crippen LogP contribution < -0.4 is 158 Å². The number of H-pyrrole nitrogens is 5. The summed E-state index contributed by atoms with van der Waals surface area (Å²) in [4.78, 5) is 16.2. The normalized spacial score (nSPS) is 10.2. The Morgan fingerprint density at radius 3 is 1.16 bits per heavy atom. The first-order valence-corrected chi connectivity index (χ1v) is 28.3. The zero-order valence-corrected chi connectivity index (χ0v) is 56.9. The zero-order valence-electron chi connectivity index (χ0n) is 51.6. The van der Waals surface area contributed by atoms with Gasteiger partial charge in [-0.1, -0.05) is 199 Å². The summed E-state index contributed by atoms with van der Waals surface area (Å²) in [5.41, 5.74) is 10.1. The van der Waals surface area contributed by atoms with Crippen LogP contribution in [0.15, 0.2) is 304 Å². The summed E-state index contributed by atoms with van der Waals surface area (Å²) < 4.78 is 0. The standard InChI is InChI=1S/C19H13NO.3C15H11NO.C13H9NO.Ca.K.3Li/c21-18-12-6-4-10-16(18)19-15-9-2-1-7-13(15)14-8-3-5-11-17(14)20-19;2*17-15-8-4-2-6-12(15)14-10-9-11-5-1-3-7-13(11)16-14;17-14-8-4-3-7-13(14)15-12-6-2-1-5-11(12)9-10-16-15;15-12-8-9-4-1-2-5-10(9)11-6-3-7-14-13(11)12;;;;;/h1-12,21H;3*1-10,17H;1-8,15H;;;;;/q;;;;;+2;4*+1. The van der Waals surface area contributed by atoms with Gasteiger partial charge in [-0.05, 0) is 94.7 Å². The maximum Gasteiger partial charge on any atom is 2.00 e. The molecule has 0 aliphatic carbocycles. The molecule has 16 rings (SSSR count). The van der Waals surface area contributed by atoms with Crippen molar-refractivity contribution in [2.45, 2.75) is 0 Å². The number of aromatic amines is 5. The van der Waals surface area contributed by atoms with Crippen LogP contribution in [-0.2, 0) is 0 Å². The van der Waals surface area contributed by atoms with Gasteiger partial charge in [-0.25, -0.2) is 24.9 Å². The summed E-state index contributed by atoms with van der Waals surface area (Å²) in [6.07, 6.45) is 3.64. The quantitative estimate of drug-likeness (QED) is 0.180. The maximum absolute atomic E-state index is 12.2. The van der Waals surface area contributed by atoms with E-state index in [4.69, 9.17) is 0 Å². The third-order valence-electron chi connectivity index (χ3n) is 15.0. The molecule has 0 unspecified atom stereocenters. The molecular weight excluding hydrogens is 1170 g/mol. The summed E-state index contributed by atoms with van der Waals surface area (Å²) in [6.45, 7) is 0. The first-order chi connectivity index (χ1) is 42.8. The summed E-state index contributed by atoms with van der Waals surface area (Å²) in [5, 5.41) is 70.2. The Balaban J connectivity index is 0.000000162. The Bertz CT molecular complexity index is 5010. The largest absolute Gasteiger partial charge is 2.00 e. The van der Waals surface area contributed by atoms with Gasteiger partial charge in [-0.15, -0.1) is 0 Å². The number of hydrogen-bond donors (Lipinski definition) is 0. The SMILES string of the molecule is [Ca+2].[K+].[Li+].[Li+].[Li+].[O-]c1cc2ccccc2c2ccc[nH+]c12.[O-]c1ccccc1-c1[nH+]c2ccccc2c2ccccc12.[O-]c1ccccc1-c1[nH+]ccc2ccccc12.[O-]c1ccccc1-c1ccc2ccccc2[nH+]1.[O-]c1ccccc1-c1ccc2ccccc2[nH+]1. The summed E-state index contributed by atoms with van der Waals surface area (Å²) in [5.74, 6) is 0.205. The van der Waals surface area contributed by atoms with Gasteiger partial charge in [0.2, 0.25) is 44.8 Å². The van der Waals surface area contributed by atoms with Gasteiger partial charge < -0.3 is 25.5 Å². The third-order valence-corrected chi connectivity index (χ3v) is 15.0. The Morgan fingerprint density at radius 2 is 0.630 bits per heavy atom. The Hall–Kier alpha value is -7.32. The van der Waals surface area contributed by atoms with Crippen molar-refractivity contribution in [2.24, 2.45) is 0 Å². The molecule has 5 N–H and O–H groups in total.